The van der Waals surface area contributed by atoms with E-state index < -0.39 is 0 Å². The molecule has 1 aliphatic carbocycles. The van der Waals surface area contributed by atoms with E-state index in [0.717, 1.165) is 25.5 Å². The lowest BCUT2D eigenvalue weighted by molar-refractivity contribution is 0.354. The zero-order valence-electron chi connectivity index (χ0n) is 17.6. The number of fused-ring (bicyclic) bond motifs is 3. The molecular formula is C21H33N5O2. The Hall–Kier alpha value is -2.05. The van der Waals surface area contributed by atoms with Gasteiger partial charge in [-0.2, -0.15) is 4.98 Å². The number of hydrogen-bond acceptors (Lipinski definition) is 4. The first-order chi connectivity index (χ1) is 13.4. The second-order valence-corrected chi connectivity index (χ2v) is 9.22. The quantitative estimate of drug-likeness (QED) is 0.809. The molecule has 1 unspecified atom stereocenters. The lowest BCUT2D eigenvalue weighted by Gasteiger charge is -2.40. The summed E-state index contributed by atoms with van der Waals surface area (Å²) in [7, 11) is 1.74. The Morgan fingerprint density at radius 3 is 2.50 bits per heavy atom. The molecule has 1 aliphatic heterocycles. The maximum atomic E-state index is 13.3. The van der Waals surface area contributed by atoms with E-state index in [2.05, 4.69) is 30.2 Å². The third-order valence-electron chi connectivity index (χ3n) is 6.42. The van der Waals surface area contributed by atoms with Crippen LogP contribution in [-0.4, -0.2) is 31.3 Å². The summed E-state index contributed by atoms with van der Waals surface area (Å²) in [6, 6.07) is 0.493. The van der Waals surface area contributed by atoms with Gasteiger partial charge >= 0.3 is 5.69 Å². The predicted molar refractivity (Wildman–Crippen MR) is 112 cm³/mol. The van der Waals surface area contributed by atoms with Crippen molar-refractivity contribution in [1.82, 2.24) is 18.7 Å². The van der Waals surface area contributed by atoms with Crippen molar-refractivity contribution in [1.29, 1.82) is 0 Å². The molecule has 2 aromatic heterocycles. The minimum atomic E-state index is -0.258. The fourth-order valence-electron chi connectivity index (χ4n) is 4.83. The molecule has 2 aromatic rings. The van der Waals surface area contributed by atoms with E-state index in [1.807, 2.05) is 0 Å². The molecule has 0 radical (unpaired) electrons. The fourth-order valence-corrected chi connectivity index (χ4v) is 4.83. The Kier molecular flexibility index (Phi) is 5.10. The molecule has 2 aliphatic rings. The van der Waals surface area contributed by atoms with Crippen LogP contribution in [0.2, 0.25) is 0 Å². The van der Waals surface area contributed by atoms with Crippen molar-refractivity contribution in [2.24, 2.45) is 18.9 Å². The van der Waals surface area contributed by atoms with Gasteiger partial charge in [0.05, 0.1) is 0 Å². The summed E-state index contributed by atoms with van der Waals surface area (Å²) in [5.74, 6) is 1.77. The molecule has 0 bridgehead atoms. The van der Waals surface area contributed by atoms with Crippen LogP contribution in [0.4, 0.5) is 5.95 Å². The van der Waals surface area contributed by atoms with Crippen molar-refractivity contribution in [3.63, 3.8) is 0 Å². The van der Waals surface area contributed by atoms with Crippen molar-refractivity contribution in [2.75, 3.05) is 11.4 Å². The van der Waals surface area contributed by atoms with Crippen LogP contribution >= 0.6 is 0 Å². The topological polar surface area (TPSA) is 65.1 Å². The summed E-state index contributed by atoms with van der Waals surface area (Å²) in [5, 5.41) is 0. The lowest BCUT2D eigenvalue weighted by atomic mass is 9.93. The number of anilines is 1. The maximum Gasteiger partial charge on any atom is 0.332 e. The van der Waals surface area contributed by atoms with Crippen LogP contribution in [-0.2, 0) is 20.1 Å². The molecule has 0 amide bonds. The number of imidazole rings is 1. The van der Waals surface area contributed by atoms with Crippen LogP contribution in [0.25, 0.3) is 11.2 Å². The third-order valence-corrected chi connectivity index (χ3v) is 6.42. The smallest absolute Gasteiger partial charge is 0.332 e. The zero-order valence-corrected chi connectivity index (χ0v) is 17.6. The highest BCUT2D eigenvalue weighted by molar-refractivity contribution is 5.75. The number of nitrogens with zero attached hydrogens (tertiary/aromatic N) is 5. The summed E-state index contributed by atoms with van der Waals surface area (Å²) in [4.78, 5) is 33.4. The monoisotopic (exact) mass is 387 g/mol. The van der Waals surface area contributed by atoms with Gasteiger partial charge in [0, 0.05) is 32.7 Å². The maximum absolute atomic E-state index is 13.3. The third kappa shape index (κ3) is 3.18. The van der Waals surface area contributed by atoms with Gasteiger partial charge in [0.25, 0.3) is 5.56 Å². The average Bonchev–Trinajstić information content (AvgIpc) is 3.05. The van der Waals surface area contributed by atoms with Crippen LogP contribution in [0, 0.1) is 11.8 Å². The molecule has 0 spiro atoms. The van der Waals surface area contributed by atoms with Crippen LogP contribution in [0.1, 0.15) is 59.3 Å². The Labute approximate surface area is 166 Å². The molecule has 4 rings (SSSR count). The van der Waals surface area contributed by atoms with E-state index in [0.29, 0.717) is 35.6 Å². The van der Waals surface area contributed by atoms with E-state index in [4.69, 9.17) is 4.98 Å². The van der Waals surface area contributed by atoms with Gasteiger partial charge in [0.2, 0.25) is 5.95 Å². The fraction of sp³-hybridized carbons (Fsp3) is 0.762. The van der Waals surface area contributed by atoms with Gasteiger partial charge in [0.1, 0.15) is 0 Å². The van der Waals surface area contributed by atoms with E-state index in [1.165, 1.54) is 36.7 Å². The van der Waals surface area contributed by atoms with Gasteiger partial charge < -0.3 is 9.47 Å². The lowest BCUT2D eigenvalue weighted by Crippen LogP contribution is -2.45. The van der Waals surface area contributed by atoms with Crippen molar-refractivity contribution in [3.05, 3.63) is 20.8 Å². The molecule has 7 nitrogen and oxygen atoms in total. The highest BCUT2D eigenvalue weighted by Crippen LogP contribution is 2.32. The standard InChI is InChI=1S/C21H33N5O2/c1-14(2)10-11-24-19(27)17-18(23(4)21(24)28)22-20-25(12-15(3)13-26(17)20)16-8-6-5-7-9-16/h14-16H,5-13H2,1-4H3. The van der Waals surface area contributed by atoms with Gasteiger partial charge in [-0.05, 0) is 31.1 Å². The van der Waals surface area contributed by atoms with E-state index in [-0.39, 0.29) is 11.2 Å². The normalized spacial score (nSPS) is 20.9. The van der Waals surface area contributed by atoms with Crippen molar-refractivity contribution in [2.45, 2.75) is 78.4 Å². The SMILES string of the molecule is CC(C)CCn1c(=O)c2c(nc3n2CC(C)CN3C2CCCCC2)n(C)c1=O. The molecule has 1 fully saturated rings. The molecule has 3 heterocycles. The minimum Gasteiger partial charge on any atom is -0.339 e. The van der Waals surface area contributed by atoms with Crippen LogP contribution in [0.5, 0.6) is 0 Å². The molecular weight excluding hydrogens is 354 g/mol. The molecule has 0 N–H and O–H groups in total. The molecule has 7 heteroatoms. The van der Waals surface area contributed by atoms with Crippen LogP contribution in [0.3, 0.4) is 0 Å². The Balaban J connectivity index is 1.87. The zero-order chi connectivity index (χ0) is 20.0. The number of aromatic nitrogens is 4. The Morgan fingerprint density at radius 1 is 1.11 bits per heavy atom. The molecule has 1 saturated carbocycles. The summed E-state index contributed by atoms with van der Waals surface area (Å²) in [6.45, 7) is 8.68. The second kappa shape index (κ2) is 7.41. The van der Waals surface area contributed by atoms with Gasteiger partial charge in [0.15, 0.2) is 11.2 Å². The summed E-state index contributed by atoms with van der Waals surface area (Å²) in [6.07, 6.45) is 7.02. The highest BCUT2D eigenvalue weighted by Gasteiger charge is 2.33. The van der Waals surface area contributed by atoms with E-state index in [1.54, 1.807) is 11.6 Å². The van der Waals surface area contributed by atoms with Crippen molar-refractivity contribution < 1.29 is 0 Å². The van der Waals surface area contributed by atoms with Gasteiger partial charge in [-0.1, -0.05) is 40.0 Å². The summed E-state index contributed by atoms with van der Waals surface area (Å²) in [5.41, 5.74) is 0.676. The molecule has 0 saturated heterocycles. The first-order valence-electron chi connectivity index (χ1n) is 10.8. The molecule has 0 aromatic carbocycles. The first-order valence-corrected chi connectivity index (χ1v) is 10.8. The highest BCUT2D eigenvalue weighted by atomic mass is 16.2. The van der Waals surface area contributed by atoms with Crippen molar-refractivity contribution in [3.8, 4) is 0 Å². The van der Waals surface area contributed by atoms with E-state index in [9.17, 15) is 9.59 Å². The summed E-state index contributed by atoms with van der Waals surface area (Å²) < 4.78 is 5.05. The number of rotatable bonds is 4. The largest absolute Gasteiger partial charge is 0.339 e. The van der Waals surface area contributed by atoms with Crippen LogP contribution in [0.15, 0.2) is 9.59 Å². The number of aryl methyl sites for hydroxylation is 1. The van der Waals surface area contributed by atoms with E-state index >= 15 is 0 Å². The van der Waals surface area contributed by atoms with Gasteiger partial charge in [-0.3, -0.25) is 13.9 Å². The number of hydrogen-bond donors (Lipinski definition) is 0. The minimum absolute atomic E-state index is 0.185. The first kappa shape index (κ1) is 19.3. The second-order valence-electron chi connectivity index (χ2n) is 9.22. The average molecular weight is 388 g/mol. The van der Waals surface area contributed by atoms with Crippen molar-refractivity contribution >= 4 is 17.1 Å². The molecule has 154 valence electrons. The molecule has 1 atom stereocenters. The van der Waals surface area contributed by atoms with Gasteiger partial charge in [-0.25, -0.2) is 4.79 Å². The van der Waals surface area contributed by atoms with Gasteiger partial charge in [-0.15, -0.1) is 0 Å². The predicted octanol–water partition coefficient (Wildman–Crippen LogP) is 2.73. The summed E-state index contributed by atoms with van der Waals surface area (Å²) >= 11 is 0. The van der Waals surface area contributed by atoms with Crippen LogP contribution < -0.4 is 16.1 Å². The Morgan fingerprint density at radius 2 is 1.82 bits per heavy atom. The molecule has 28 heavy (non-hydrogen) atoms. The Bertz CT molecular complexity index is 977.